The molecule has 1 saturated carbocycles. The van der Waals surface area contributed by atoms with E-state index in [0.29, 0.717) is 0 Å². The second-order valence-electron chi connectivity index (χ2n) is 9.79. The van der Waals surface area contributed by atoms with Crippen molar-refractivity contribution >= 4 is 9.84 Å². The summed E-state index contributed by atoms with van der Waals surface area (Å²) in [6.45, 7) is 5.61. The van der Waals surface area contributed by atoms with E-state index in [4.69, 9.17) is 0 Å². The second kappa shape index (κ2) is 5.71. The zero-order chi connectivity index (χ0) is 17.9. The molecule has 0 heterocycles. The normalized spacial score (nSPS) is 36.2. The fourth-order valence-corrected chi connectivity index (χ4v) is 8.13. The van der Waals surface area contributed by atoms with E-state index in [2.05, 4.69) is 6.08 Å². The van der Waals surface area contributed by atoms with Crippen LogP contribution >= 0.6 is 0 Å². The quantitative estimate of drug-likeness (QED) is 0.529. The molecule has 2 atom stereocenters. The van der Waals surface area contributed by atoms with Gasteiger partial charge in [0.15, 0.2) is 9.84 Å². The summed E-state index contributed by atoms with van der Waals surface area (Å²) >= 11 is 0. The van der Waals surface area contributed by atoms with Crippen molar-refractivity contribution in [2.75, 3.05) is 0 Å². The molecule has 4 rings (SSSR count). The van der Waals surface area contributed by atoms with Crippen LogP contribution in [0.3, 0.4) is 0 Å². The van der Waals surface area contributed by atoms with Crippen LogP contribution in [-0.4, -0.2) is 13.2 Å². The van der Waals surface area contributed by atoms with Gasteiger partial charge in [-0.05, 0) is 59.3 Å². The Morgan fingerprint density at radius 2 is 1.36 bits per heavy atom. The highest BCUT2D eigenvalue weighted by atomic mass is 32.2. The fraction of sp³-hybridized carbons (Fsp3) is 0.818. The third-order valence-electron chi connectivity index (χ3n) is 7.55. The van der Waals surface area contributed by atoms with Crippen molar-refractivity contribution in [2.24, 2.45) is 10.8 Å². The summed E-state index contributed by atoms with van der Waals surface area (Å²) in [6.07, 6.45) is 17.1. The lowest BCUT2D eigenvalue weighted by molar-refractivity contribution is 0.0664. The summed E-state index contributed by atoms with van der Waals surface area (Å²) in [6, 6.07) is 0. The van der Waals surface area contributed by atoms with Gasteiger partial charge in [-0.2, -0.15) is 0 Å². The summed E-state index contributed by atoms with van der Waals surface area (Å²) in [5.74, 6) is 0. The predicted octanol–water partition coefficient (Wildman–Crippen LogP) is 6.09. The standard InChI is InChI=1S/C22H34O2S/c1-20(2,3)25(23,24)19-16-21-14-10-6-7-11-15-22(19,21)18-13-9-5-4-8-12-17(18)21/h16H,4-15H2,1-3H3. The Kier molecular flexibility index (Phi) is 4.07. The zero-order valence-corrected chi connectivity index (χ0v) is 17.1. The van der Waals surface area contributed by atoms with E-state index >= 15 is 0 Å². The molecule has 0 radical (unpaired) electrons. The number of allylic oxidation sites excluding steroid dienone is 4. The molecule has 3 heteroatoms. The molecule has 4 aliphatic rings. The smallest absolute Gasteiger partial charge is 0.180 e. The number of rotatable bonds is 1. The lowest BCUT2D eigenvalue weighted by atomic mass is 9.36. The Balaban J connectivity index is 1.85. The topological polar surface area (TPSA) is 34.1 Å². The van der Waals surface area contributed by atoms with Crippen molar-refractivity contribution in [3.8, 4) is 0 Å². The minimum Gasteiger partial charge on any atom is -0.223 e. The van der Waals surface area contributed by atoms with Crippen LogP contribution in [0.15, 0.2) is 22.1 Å². The first-order chi connectivity index (χ1) is 11.8. The number of hydrogen-bond donors (Lipinski definition) is 0. The first-order valence-corrected chi connectivity index (χ1v) is 12.0. The summed E-state index contributed by atoms with van der Waals surface area (Å²) in [5, 5.41) is 0. The SMILES string of the molecule is CC(C)(C)S(=O)(=O)C1=CC23CCCCCCC12C1=C3CCCCCC1. The molecule has 0 aromatic carbocycles. The highest BCUT2D eigenvalue weighted by molar-refractivity contribution is 7.96. The van der Waals surface area contributed by atoms with Crippen LogP contribution in [0.2, 0.25) is 0 Å². The van der Waals surface area contributed by atoms with E-state index in [1.807, 2.05) is 20.8 Å². The van der Waals surface area contributed by atoms with Crippen LogP contribution in [0.4, 0.5) is 0 Å². The largest absolute Gasteiger partial charge is 0.223 e. The van der Waals surface area contributed by atoms with Gasteiger partial charge in [0, 0.05) is 10.8 Å². The molecule has 2 unspecified atom stereocenters. The molecule has 4 aliphatic carbocycles. The maximum Gasteiger partial charge on any atom is 0.180 e. The van der Waals surface area contributed by atoms with E-state index in [-0.39, 0.29) is 10.8 Å². The van der Waals surface area contributed by atoms with Gasteiger partial charge in [0.05, 0.1) is 9.65 Å². The molecule has 1 fully saturated rings. The molecule has 0 aromatic rings. The maximum atomic E-state index is 13.4. The van der Waals surface area contributed by atoms with Crippen molar-refractivity contribution in [1.82, 2.24) is 0 Å². The van der Waals surface area contributed by atoms with Crippen molar-refractivity contribution < 1.29 is 8.42 Å². The lowest BCUT2D eigenvalue weighted by Crippen LogP contribution is -2.63. The average Bonchev–Trinajstić information content (AvgIpc) is 2.49. The first kappa shape index (κ1) is 17.8. The Labute approximate surface area is 154 Å². The van der Waals surface area contributed by atoms with Gasteiger partial charge in [-0.25, -0.2) is 8.42 Å². The van der Waals surface area contributed by atoms with Gasteiger partial charge in [0.1, 0.15) is 0 Å². The van der Waals surface area contributed by atoms with Crippen LogP contribution in [-0.2, 0) is 9.84 Å². The molecule has 0 aromatic heterocycles. The first-order valence-electron chi connectivity index (χ1n) is 10.5. The van der Waals surface area contributed by atoms with Gasteiger partial charge in [0.2, 0.25) is 0 Å². The summed E-state index contributed by atoms with van der Waals surface area (Å²) in [7, 11) is -3.23. The van der Waals surface area contributed by atoms with Crippen LogP contribution < -0.4 is 0 Å². The molecule has 0 amide bonds. The minimum absolute atomic E-state index is 0.105. The van der Waals surface area contributed by atoms with Crippen LogP contribution in [0, 0.1) is 10.8 Å². The van der Waals surface area contributed by atoms with Gasteiger partial charge in [-0.15, -0.1) is 0 Å². The van der Waals surface area contributed by atoms with Crippen LogP contribution in [0.1, 0.15) is 97.8 Å². The molecule has 25 heavy (non-hydrogen) atoms. The molecule has 0 N–H and O–H groups in total. The predicted molar refractivity (Wildman–Crippen MR) is 104 cm³/mol. The van der Waals surface area contributed by atoms with Gasteiger partial charge in [-0.3, -0.25) is 0 Å². The molecule has 140 valence electrons. The van der Waals surface area contributed by atoms with Gasteiger partial charge in [0.25, 0.3) is 0 Å². The van der Waals surface area contributed by atoms with E-state index in [9.17, 15) is 8.42 Å². The molecule has 0 spiro atoms. The number of sulfone groups is 1. The molecule has 0 saturated heterocycles. The second-order valence-corrected chi connectivity index (χ2v) is 12.5. The minimum atomic E-state index is -3.23. The average molecular weight is 363 g/mol. The zero-order valence-electron chi connectivity index (χ0n) is 16.3. The third kappa shape index (κ3) is 2.17. The van der Waals surface area contributed by atoms with E-state index in [1.54, 1.807) is 11.1 Å². The highest BCUT2D eigenvalue weighted by Gasteiger charge is 2.72. The van der Waals surface area contributed by atoms with Crippen molar-refractivity contribution in [1.29, 1.82) is 0 Å². The maximum absolute atomic E-state index is 13.4. The summed E-state index contributed by atoms with van der Waals surface area (Å²) in [4.78, 5) is 0.814. The Hall–Kier alpha value is -0.570. The molecular formula is C22H34O2S. The van der Waals surface area contributed by atoms with Gasteiger partial charge in [-0.1, -0.05) is 55.7 Å². The van der Waals surface area contributed by atoms with Crippen LogP contribution in [0.25, 0.3) is 0 Å². The number of hydrogen-bond acceptors (Lipinski definition) is 2. The van der Waals surface area contributed by atoms with Gasteiger partial charge < -0.3 is 0 Å². The lowest BCUT2D eigenvalue weighted by Gasteiger charge is -2.69. The van der Waals surface area contributed by atoms with E-state index in [1.165, 1.54) is 64.2 Å². The van der Waals surface area contributed by atoms with Crippen molar-refractivity contribution in [3.05, 3.63) is 22.1 Å². The monoisotopic (exact) mass is 362 g/mol. The molecular weight excluding hydrogens is 328 g/mol. The summed E-state index contributed by atoms with van der Waals surface area (Å²) < 4.78 is 26.1. The Bertz CT molecular complexity index is 734. The third-order valence-corrected chi connectivity index (χ3v) is 10.2. The molecule has 2 nitrogen and oxygen atoms in total. The Morgan fingerprint density at radius 3 is 2.00 bits per heavy atom. The molecule has 0 bridgehead atoms. The van der Waals surface area contributed by atoms with Crippen molar-refractivity contribution in [3.63, 3.8) is 0 Å². The van der Waals surface area contributed by atoms with E-state index in [0.717, 1.165) is 17.7 Å². The van der Waals surface area contributed by atoms with Gasteiger partial charge >= 0.3 is 0 Å². The molecule has 0 aliphatic heterocycles. The van der Waals surface area contributed by atoms with E-state index < -0.39 is 14.6 Å². The highest BCUT2D eigenvalue weighted by Crippen LogP contribution is 2.79. The van der Waals surface area contributed by atoms with Crippen molar-refractivity contribution in [2.45, 2.75) is 103 Å². The summed E-state index contributed by atoms with van der Waals surface area (Å²) in [5.41, 5.74) is 3.25. The fourth-order valence-electron chi connectivity index (χ4n) is 6.25. The van der Waals surface area contributed by atoms with Crippen LogP contribution in [0.5, 0.6) is 0 Å². The Morgan fingerprint density at radius 1 is 0.800 bits per heavy atom.